The normalized spacial score (nSPS) is 18.1. The molecule has 172 valence electrons. The van der Waals surface area contributed by atoms with Crippen LogP contribution in [-0.4, -0.2) is 47.5 Å². The number of piperazine rings is 1. The molecule has 1 N–H and O–H groups in total. The van der Waals surface area contributed by atoms with Gasteiger partial charge in [0, 0.05) is 53.7 Å². The minimum absolute atomic E-state index is 0.503. The maximum absolute atomic E-state index is 4.85. The summed E-state index contributed by atoms with van der Waals surface area (Å²) in [7, 11) is 2.28. The number of hydrogen-bond acceptors (Lipinski definition) is 5. The smallest absolute Gasteiger partial charge is 0.102 e. The minimum Gasteiger partial charge on any atom is -0.366 e. The van der Waals surface area contributed by atoms with Crippen LogP contribution in [0.3, 0.4) is 0 Å². The molecule has 5 heteroatoms. The van der Waals surface area contributed by atoms with E-state index in [2.05, 4.69) is 89.9 Å². The highest BCUT2D eigenvalue weighted by molar-refractivity contribution is 7.16. The molecule has 2 aliphatic heterocycles. The van der Waals surface area contributed by atoms with Crippen LogP contribution >= 0.6 is 11.3 Å². The van der Waals surface area contributed by atoms with E-state index in [4.69, 9.17) is 4.98 Å². The molecular formula is C29H30N4S. The number of hydrogen-bond donors (Lipinski definition) is 1. The van der Waals surface area contributed by atoms with Crippen molar-refractivity contribution in [1.82, 2.24) is 14.8 Å². The van der Waals surface area contributed by atoms with Gasteiger partial charge in [-0.15, -0.1) is 11.3 Å². The molecule has 0 aliphatic carbocycles. The lowest BCUT2D eigenvalue weighted by Crippen LogP contribution is -2.52. The minimum atomic E-state index is 0.503. The molecule has 4 aromatic rings. The Hall–Kier alpha value is -3.15. The zero-order valence-corrected chi connectivity index (χ0v) is 20.6. The first kappa shape index (κ1) is 21.4. The van der Waals surface area contributed by atoms with E-state index in [9.17, 15) is 0 Å². The van der Waals surface area contributed by atoms with Gasteiger partial charge in [-0.1, -0.05) is 42.5 Å². The number of thiophene rings is 1. The van der Waals surface area contributed by atoms with Gasteiger partial charge in [0.15, 0.2) is 0 Å². The largest absolute Gasteiger partial charge is 0.366 e. The van der Waals surface area contributed by atoms with Gasteiger partial charge in [-0.2, -0.15) is 0 Å². The van der Waals surface area contributed by atoms with Gasteiger partial charge in [0.1, 0.15) is 5.00 Å². The third-order valence-electron chi connectivity index (χ3n) is 7.21. The Kier molecular flexibility index (Phi) is 5.60. The standard InChI is InChI=1S/C29H30N4S/c1-20-16-26-28(27-24(8-5-13-30-27)18-31-29(26)34-20)33-15-14-32(2)25(19-33)12-10-21-9-11-22-6-3-4-7-23(22)17-21/h3-9,11,13,16-18,25,31H,10,12,14-15,19H2,1-2H3. The molecule has 2 aromatic heterocycles. The first-order valence-electron chi connectivity index (χ1n) is 12.1. The second-order valence-corrected chi connectivity index (χ2v) is 10.7. The molecule has 1 saturated heterocycles. The Labute approximate surface area is 204 Å². The lowest BCUT2D eigenvalue weighted by Gasteiger charge is -2.41. The van der Waals surface area contributed by atoms with E-state index in [1.807, 2.05) is 23.6 Å². The van der Waals surface area contributed by atoms with Crippen LogP contribution in [0.25, 0.3) is 22.7 Å². The zero-order chi connectivity index (χ0) is 23.1. The number of rotatable bonds is 4. The summed E-state index contributed by atoms with van der Waals surface area (Å²) in [5.74, 6) is 0. The molecule has 2 aromatic carbocycles. The average Bonchev–Trinajstić information content (AvgIpc) is 3.16. The SMILES string of the molecule is Cc1cc2c(s1)NC=c1cccnc1=C2N1CCN(C)C(CCc2ccc3ccccc3c2)C1. The highest BCUT2D eigenvalue weighted by Crippen LogP contribution is 2.35. The quantitative estimate of drug-likeness (QED) is 0.489. The van der Waals surface area contributed by atoms with Crippen molar-refractivity contribution in [3.05, 3.63) is 93.4 Å². The number of aromatic nitrogens is 1. The molecule has 1 atom stereocenters. The van der Waals surface area contributed by atoms with E-state index in [0.29, 0.717) is 6.04 Å². The summed E-state index contributed by atoms with van der Waals surface area (Å²) in [6.07, 6.45) is 6.27. The van der Waals surface area contributed by atoms with Crippen LogP contribution in [-0.2, 0) is 6.42 Å². The topological polar surface area (TPSA) is 31.4 Å². The second kappa shape index (κ2) is 8.90. The fourth-order valence-electron chi connectivity index (χ4n) is 5.31. The Morgan fingerprint density at radius 1 is 1.03 bits per heavy atom. The summed E-state index contributed by atoms with van der Waals surface area (Å²) in [4.78, 5) is 11.3. The first-order valence-corrected chi connectivity index (χ1v) is 12.9. The highest BCUT2D eigenvalue weighted by Gasteiger charge is 2.29. The van der Waals surface area contributed by atoms with E-state index in [-0.39, 0.29) is 0 Å². The number of aryl methyl sites for hydroxylation is 2. The molecule has 2 aliphatic rings. The molecule has 0 saturated carbocycles. The van der Waals surface area contributed by atoms with Crippen LogP contribution < -0.4 is 15.9 Å². The third-order valence-corrected chi connectivity index (χ3v) is 8.19. The summed E-state index contributed by atoms with van der Waals surface area (Å²) in [5.41, 5.74) is 3.99. The lowest BCUT2D eigenvalue weighted by molar-refractivity contribution is 0.128. The summed E-state index contributed by atoms with van der Waals surface area (Å²) in [6, 6.07) is 22.6. The molecule has 4 heterocycles. The Morgan fingerprint density at radius 2 is 1.91 bits per heavy atom. The van der Waals surface area contributed by atoms with Gasteiger partial charge in [0.25, 0.3) is 0 Å². The number of anilines is 1. The summed E-state index contributed by atoms with van der Waals surface area (Å²) >= 11 is 1.82. The van der Waals surface area contributed by atoms with Gasteiger partial charge in [0.2, 0.25) is 0 Å². The Bertz CT molecular complexity index is 1470. The van der Waals surface area contributed by atoms with Crippen molar-refractivity contribution >= 4 is 39.0 Å². The van der Waals surface area contributed by atoms with Crippen LogP contribution in [0, 0.1) is 6.92 Å². The van der Waals surface area contributed by atoms with E-state index < -0.39 is 0 Å². The summed E-state index contributed by atoms with van der Waals surface area (Å²) in [5, 5.41) is 9.66. The van der Waals surface area contributed by atoms with Crippen LogP contribution in [0.1, 0.15) is 22.4 Å². The molecule has 0 amide bonds. The van der Waals surface area contributed by atoms with Crippen LogP contribution in [0.2, 0.25) is 0 Å². The van der Waals surface area contributed by atoms with Crippen LogP contribution in [0.4, 0.5) is 5.00 Å². The molecule has 1 fully saturated rings. The fourth-order valence-corrected chi connectivity index (χ4v) is 6.19. The number of fused-ring (bicyclic) bond motifs is 3. The van der Waals surface area contributed by atoms with Crippen LogP contribution in [0.5, 0.6) is 0 Å². The van der Waals surface area contributed by atoms with Crippen molar-refractivity contribution in [1.29, 1.82) is 0 Å². The first-order chi connectivity index (χ1) is 16.7. The van der Waals surface area contributed by atoms with Crippen molar-refractivity contribution in [2.24, 2.45) is 0 Å². The van der Waals surface area contributed by atoms with Gasteiger partial charge >= 0.3 is 0 Å². The maximum Gasteiger partial charge on any atom is 0.102 e. The van der Waals surface area contributed by atoms with Crippen molar-refractivity contribution in [3.8, 4) is 0 Å². The van der Waals surface area contributed by atoms with E-state index in [0.717, 1.165) is 43.0 Å². The predicted octanol–water partition coefficient (Wildman–Crippen LogP) is 4.17. The van der Waals surface area contributed by atoms with Gasteiger partial charge in [-0.05, 0) is 61.3 Å². The Balaban J connectivity index is 1.30. The molecule has 0 spiro atoms. The monoisotopic (exact) mass is 466 g/mol. The predicted molar refractivity (Wildman–Crippen MR) is 143 cm³/mol. The van der Waals surface area contributed by atoms with Crippen LogP contribution in [0.15, 0.2) is 66.9 Å². The average molecular weight is 467 g/mol. The number of benzene rings is 2. The molecule has 6 rings (SSSR count). The van der Waals surface area contributed by atoms with Crippen molar-refractivity contribution < 1.29 is 0 Å². The summed E-state index contributed by atoms with van der Waals surface area (Å²) in [6.45, 7) is 5.28. The number of nitrogens with zero attached hydrogens (tertiary/aromatic N) is 3. The van der Waals surface area contributed by atoms with Crippen molar-refractivity contribution in [3.63, 3.8) is 0 Å². The fraction of sp³-hybridized carbons (Fsp3) is 0.276. The molecule has 4 nitrogen and oxygen atoms in total. The lowest BCUT2D eigenvalue weighted by atomic mass is 9.99. The van der Waals surface area contributed by atoms with Gasteiger partial charge in [-0.3, -0.25) is 9.88 Å². The van der Waals surface area contributed by atoms with Gasteiger partial charge < -0.3 is 10.2 Å². The molecular weight excluding hydrogens is 436 g/mol. The second-order valence-electron chi connectivity index (χ2n) is 9.48. The third kappa shape index (κ3) is 3.99. The van der Waals surface area contributed by atoms with E-state index >= 15 is 0 Å². The summed E-state index contributed by atoms with van der Waals surface area (Å²) < 4.78 is 0. The number of pyridine rings is 1. The Morgan fingerprint density at radius 3 is 2.82 bits per heavy atom. The molecule has 34 heavy (non-hydrogen) atoms. The molecule has 0 bridgehead atoms. The highest BCUT2D eigenvalue weighted by atomic mass is 32.1. The maximum atomic E-state index is 4.85. The number of likely N-dealkylation sites (N-methyl/N-ethyl adjacent to an activating group) is 1. The zero-order valence-electron chi connectivity index (χ0n) is 19.8. The molecule has 1 unspecified atom stereocenters. The van der Waals surface area contributed by atoms with E-state index in [1.54, 1.807) is 0 Å². The van der Waals surface area contributed by atoms with Gasteiger partial charge in [0.05, 0.1) is 11.0 Å². The number of nitrogens with one attached hydrogen (secondary N) is 1. The van der Waals surface area contributed by atoms with Crippen molar-refractivity contribution in [2.75, 3.05) is 32.0 Å². The van der Waals surface area contributed by atoms with E-state index in [1.165, 1.54) is 37.5 Å². The molecule has 0 radical (unpaired) electrons. The van der Waals surface area contributed by atoms with Crippen molar-refractivity contribution in [2.45, 2.75) is 25.8 Å². The van der Waals surface area contributed by atoms with Gasteiger partial charge in [-0.25, -0.2) is 0 Å².